The number of amides is 3. The summed E-state index contributed by atoms with van der Waals surface area (Å²) in [5.74, 6) is -0.841. The van der Waals surface area contributed by atoms with Gasteiger partial charge in [-0.1, -0.05) is 24.3 Å². The number of hydrogen-bond donors (Lipinski definition) is 3. The first-order chi connectivity index (χ1) is 11.0. The van der Waals surface area contributed by atoms with Gasteiger partial charge in [0, 0.05) is 25.2 Å². The second kappa shape index (κ2) is 7.06. The van der Waals surface area contributed by atoms with Crippen LogP contribution in [0.5, 0.6) is 0 Å². The minimum Gasteiger partial charge on any atom is -0.465 e. The molecule has 0 aromatic heterocycles. The van der Waals surface area contributed by atoms with Crippen LogP contribution in [0.1, 0.15) is 16.8 Å². The van der Waals surface area contributed by atoms with E-state index in [1.807, 2.05) is 0 Å². The first-order valence-electron chi connectivity index (χ1n) is 7.24. The molecule has 0 radical (unpaired) electrons. The average Bonchev–Trinajstić information content (AvgIpc) is 2.56. The molecule has 2 rings (SSSR count). The van der Waals surface area contributed by atoms with E-state index in [1.54, 1.807) is 30.3 Å². The molecule has 7 heteroatoms. The van der Waals surface area contributed by atoms with E-state index in [4.69, 9.17) is 5.11 Å². The Morgan fingerprint density at radius 2 is 2.09 bits per heavy atom. The topological polar surface area (TPSA) is 98.7 Å². The van der Waals surface area contributed by atoms with Crippen LogP contribution in [0.15, 0.2) is 43.0 Å². The molecule has 1 aliphatic rings. The monoisotopic (exact) mass is 317 g/mol. The van der Waals surface area contributed by atoms with Crippen LogP contribution in [0, 0.1) is 0 Å². The highest BCUT2D eigenvalue weighted by Crippen LogP contribution is 2.20. The molecule has 1 aromatic carbocycles. The molecule has 3 N–H and O–H groups in total. The van der Waals surface area contributed by atoms with Crippen LogP contribution in [-0.4, -0.2) is 53.1 Å². The summed E-state index contributed by atoms with van der Waals surface area (Å²) >= 11 is 0. The largest absolute Gasteiger partial charge is 0.465 e. The maximum atomic E-state index is 12.8. The lowest BCUT2D eigenvalue weighted by Gasteiger charge is -2.41. The minimum absolute atomic E-state index is 0.133. The van der Waals surface area contributed by atoms with E-state index < -0.39 is 17.5 Å². The zero-order valence-electron chi connectivity index (χ0n) is 12.6. The van der Waals surface area contributed by atoms with Crippen molar-refractivity contribution in [2.75, 3.05) is 19.6 Å². The van der Waals surface area contributed by atoms with Crippen molar-refractivity contribution in [3.8, 4) is 0 Å². The van der Waals surface area contributed by atoms with Crippen molar-refractivity contribution < 1.29 is 19.5 Å². The molecule has 1 unspecified atom stereocenters. The molecule has 0 aliphatic carbocycles. The van der Waals surface area contributed by atoms with Gasteiger partial charge in [0.1, 0.15) is 5.54 Å². The number of nitrogens with zero attached hydrogens (tertiary/aromatic N) is 1. The molecule has 1 heterocycles. The van der Waals surface area contributed by atoms with Gasteiger partial charge in [-0.15, -0.1) is 6.58 Å². The van der Waals surface area contributed by atoms with E-state index in [0.29, 0.717) is 12.1 Å². The Morgan fingerprint density at radius 3 is 2.70 bits per heavy atom. The van der Waals surface area contributed by atoms with Crippen molar-refractivity contribution in [1.29, 1.82) is 0 Å². The maximum Gasteiger partial charge on any atom is 0.404 e. The zero-order chi connectivity index (χ0) is 16.9. The Balaban J connectivity index is 2.25. The van der Waals surface area contributed by atoms with Crippen molar-refractivity contribution in [3.05, 3.63) is 48.6 Å². The van der Waals surface area contributed by atoms with Crippen LogP contribution >= 0.6 is 0 Å². The summed E-state index contributed by atoms with van der Waals surface area (Å²) in [6, 6.07) is 8.52. The molecular formula is C16H19N3O4. The Kier molecular flexibility index (Phi) is 5.13. The first-order valence-corrected chi connectivity index (χ1v) is 7.24. The number of nitrogens with one attached hydrogen (secondary N) is 2. The highest BCUT2D eigenvalue weighted by Gasteiger charge is 2.45. The number of imide groups is 1. The van der Waals surface area contributed by atoms with Crippen LogP contribution in [0.2, 0.25) is 0 Å². The third-order valence-electron chi connectivity index (χ3n) is 3.75. The maximum absolute atomic E-state index is 12.8. The number of carbonyl (C=O) groups excluding carboxylic acids is 2. The normalized spacial score (nSPS) is 20.9. The van der Waals surface area contributed by atoms with E-state index in [-0.39, 0.29) is 25.4 Å². The highest BCUT2D eigenvalue weighted by molar-refractivity contribution is 6.08. The highest BCUT2D eigenvalue weighted by atomic mass is 16.4. The molecule has 1 atom stereocenters. The summed E-state index contributed by atoms with van der Waals surface area (Å²) in [5, 5.41) is 14.1. The van der Waals surface area contributed by atoms with Crippen molar-refractivity contribution in [2.24, 2.45) is 0 Å². The lowest BCUT2D eigenvalue weighted by molar-refractivity contribution is -0.138. The minimum atomic E-state index is -1.23. The summed E-state index contributed by atoms with van der Waals surface area (Å²) in [6.07, 6.45) is 0.518. The second-order valence-corrected chi connectivity index (χ2v) is 5.29. The van der Waals surface area contributed by atoms with E-state index in [2.05, 4.69) is 17.2 Å². The summed E-state index contributed by atoms with van der Waals surface area (Å²) in [4.78, 5) is 37.3. The molecule has 1 saturated heterocycles. The number of rotatable bonds is 5. The number of carboxylic acid groups (broad SMARTS) is 1. The fourth-order valence-electron chi connectivity index (χ4n) is 2.62. The quantitative estimate of drug-likeness (QED) is 0.552. The van der Waals surface area contributed by atoms with Crippen LogP contribution in [0.25, 0.3) is 0 Å². The van der Waals surface area contributed by atoms with Gasteiger partial charge in [0.25, 0.3) is 11.8 Å². The Hall–Kier alpha value is -2.67. The van der Waals surface area contributed by atoms with Gasteiger partial charge >= 0.3 is 6.09 Å². The smallest absolute Gasteiger partial charge is 0.404 e. The molecule has 7 nitrogen and oxygen atoms in total. The molecular weight excluding hydrogens is 298 g/mol. The average molecular weight is 317 g/mol. The fraction of sp³-hybridized carbons (Fsp3) is 0.312. The Morgan fingerprint density at radius 1 is 1.39 bits per heavy atom. The van der Waals surface area contributed by atoms with Crippen molar-refractivity contribution in [1.82, 2.24) is 15.5 Å². The number of benzene rings is 1. The zero-order valence-corrected chi connectivity index (χ0v) is 12.6. The van der Waals surface area contributed by atoms with E-state index in [0.717, 1.165) is 0 Å². The van der Waals surface area contributed by atoms with Crippen molar-refractivity contribution in [2.45, 2.75) is 12.0 Å². The Labute approximate surface area is 134 Å². The standard InChI is InChI=1S/C16H19N3O4/c1-2-8-16(11-17-15(22)23)14(21)19(10-9-18-16)13(20)12-6-4-3-5-7-12/h2-7,17-18H,1,8-11H2,(H,22,23). The second-order valence-electron chi connectivity index (χ2n) is 5.29. The fourth-order valence-corrected chi connectivity index (χ4v) is 2.62. The molecule has 1 aliphatic heterocycles. The molecule has 23 heavy (non-hydrogen) atoms. The van der Waals surface area contributed by atoms with Gasteiger partial charge in [0.05, 0.1) is 0 Å². The predicted octanol–water partition coefficient (Wildman–Crippen LogP) is 0.841. The summed E-state index contributed by atoms with van der Waals surface area (Å²) in [5.41, 5.74) is -0.774. The number of carbonyl (C=O) groups is 3. The van der Waals surface area contributed by atoms with Crippen LogP contribution < -0.4 is 10.6 Å². The summed E-state index contributed by atoms with van der Waals surface area (Å²) in [6.45, 7) is 4.11. The molecule has 122 valence electrons. The SMILES string of the molecule is C=CCC1(CNC(=O)O)NCCN(C(=O)c2ccccc2)C1=O. The summed E-state index contributed by atoms with van der Waals surface area (Å²) in [7, 11) is 0. The molecule has 0 saturated carbocycles. The third-order valence-corrected chi connectivity index (χ3v) is 3.75. The van der Waals surface area contributed by atoms with Crippen molar-refractivity contribution in [3.63, 3.8) is 0 Å². The molecule has 1 fully saturated rings. The van der Waals surface area contributed by atoms with Crippen molar-refractivity contribution >= 4 is 17.9 Å². The van der Waals surface area contributed by atoms with Gasteiger partial charge in [0.2, 0.25) is 0 Å². The first kappa shape index (κ1) is 16.7. The summed E-state index contributed by atoms with van der Waals surface area (Å²) < 4.78 is 0. The van der Waals surface area contributed by atoms with Gasteiger partial charge in [-0.25, -0.2) is 4.79 Å². The van der Waals surface area contributed by atoms with E-state index in [1.165, 1.54) is 11.0 Å². The van der Waals surface area contributed by atoms with E-state index in [9.17, 15) is 14.4 Å². The van der Waals surface area contributed by atoms with Gasteiger partial charge in [-0.05, 0) is 18.6 Å². The van der Waals surface area contributed by atoms with Crippen LogP contribution in [0.4, 0.5) is 4.79 Å². The van der Waals surface area contributed by atoms with Gasteiger partial charge in [-0.2, -0.15) is 0 Å². The Bertz CT molecular complexity index is 617. The van der Waals surface area contributed by atoms with Crippen LogP contribution in [0.3, 0.4) is 0 Å². The lowest BCUT2D eigenvalue weighted by atomic mass is 9.90. The molecule has 3 amide bonds. The van der Waals surface area contributed by atoms with Crippen LogP contribution in [-0.2, 0) is 4.79 Å². The molecule has 0 bridgehead atoms. The van der Waals surface area contributed by atoms with E-state index >= 15 is 0 Å². The predicted molar refractivity (Wildman–Crippen MR) is 84.1 cm³/mol. The number of hydrogen-bond acceptors (Lipinski definition) is 4. The van der Waals surface area contributed by atoms with Gasteiger partial charge in [0.15, 0.2) is 0 Å². The molecule has 0 spiro atoms. The lowest BCUT2D eigenvalue weighted by Crippen LogP contribution is -2.69. The molecule has 1 aromatic rings. The van der Waals surface area contributed by atoms with Gasteiger partial charge < -0.3 is 10.4 Å². The third kappa shape index (κ3) is 3.57. The van der Waals surface area contributed by atoms with Gasteiger partial charge in [-0.3, -0.25) is 19.8 Å². The number of piperazine rings is 1.